The highest BCUT2D eigenvalue weighted by Gasteiger charge is 2.20. The van der Waals surface area contributed by atoms with Crippen molar-refractivity contribution in [2.75, 3.05) is 13.7 Å². The normalized spacial score (nSPS) is 15.2. The van der Waals surface area contributed by atoms with Crippen LogP contribution in [0.3, 0.4) is 0 Å². The smallest absolute Gasteiger partial charge is 0.122 e. The summed E-state index contributed by atoms with van der Waals surface area (Å²) >= 11 is 0. The molecule has 1 N–H and O–H groups in total. The van der Waals surface area contributed by atoms with E-state index in [1.807, 2.05) is 0 Å². The predicted molar refractivity (Wildman–Crippen MR) is 144 cm³/mol. The van der Waals surface area contributed by atoms with Crippen LogP contribution in [0, 0.1) is 0 Å². The van der Waals surface area contributed by atoms with Crippen molar-refractivity contribution in [1.29, 1.82) is 0 Å². The lowest BCUT2D eigenvalue weighted by molar-refractivity contribution is 0.392. The number of fused-ring (bicyclic) bond motifs is 1. The molecule has 32 heavy (non-hydrogen) atoms. The topological polar surface area (TPSA) is 21.3 Å². The Hall–Kier alpha value is -0.730. The summed E-state index contributed by atoms with van der Waals surface area (Å²) in [6.07, 6.45) is 26.6. The molecule has 0 saturated carbocycles. The van der Waals surface area contributed by atoms with Gasteiger partial charge < -0.3 is 10.1 Å². The number of methoxy groups -OCH3 is 1. The van der Waals surface area contributed by atoms with Gasteiger partial charge in [0.1, 0.15) is 5.75 Å². The zero-order chi connectivity index (χ0) is 22.0. The van der Waals surface area contributed by atoms with Gasteiger partial charge in [-0.05, 0) is 49.4 Å². The second-order valence-electron chi connectivity index (χ2n) is 9.80. The SMILES string of the molecule is CCCCCCCCCCCCCCCCCCNC1CCc2cccc(OC)c2C1.Cl. The summed E-state index contributed by atoms with van der Waals surface area (Å²) in [5, 5.41) is 3.81. The van der Waals surface area contributed by atoms with Crippen LogP contribution in [0.2, 0.25) is 0 Å². The van der Waals surface area contributed by atoms with Crippen molar-refractivity contribution in [2.45, 2.75) is 135 Å². The molecule has 0 radical (unpaired) electrons. The lowest BCUT2D eigenvalue weighted by Crippen LogP contribution is -2.35. The quantitative estimate of drug-likeness (QED) is 0.206. The molecule has 0 saturated heterocycles. The summed E-state index contributed by atoms with van der Waals surface area (Å²) in [6, 6.07) is 7.13. The molecule has 1 aliphatic carbocycles. The van der Waals surface area contributed by atoms with Crippen molar-refractivity contribution in [2.24, 2.45) is 0 Å². The first-order valence-electron chi connectivity index (χ1n) is 13.7. The Kier molecular flexibility index (Phi) is 18.1. The Morgan fingerprint density at radius 3 is 1.84 bits per heavy atom. The van der Waals surface area contributed by atoms with Gasteiger partial charge in [-0.3, -0.25) is 0 Å². The van der Waals surface area contributed by atoms with Crippen molar-refractivity contribution >= 4 is 12.4 Å². The number of benzene rings is 1. The first-order chi connectivity index (χ1) is 15.3. The van der Waals surface area contributed by atoms with Crippen LogP contribution in [0.1, 0.15) is 127 Å². The third-order valence-corrected chi connectivity index (χ3v) is 7.13. The minimum absolute atomic E-state index is 0. The predicted octanol–water partition coefficient (Wildman–Crippen LogP) is 8.83. The lowest BCUT2D eigenvalue weighted by Gasteiger charge is -2.27. The fraction of sp³-hybridized carbons (Fsp3) is 0.793. The molecule has 0 spiro atoms. The van der Waals surface area contributed by atoms with Gasteiger partial charge in [-0.2, -0.15) is 0 Å². The molecule has 0 fully saturated rings. The zero-order valence-corrected chi connectivity index (χ0v) is 22.1. The second-order valence-corrected chi connectivity index (χ2v) is 9.80. The Bertz CT molecular complexity index is 548. The monoisotopic (exact) mass is 465 g/mol. The van der Waals surface area contributed by atoms with E-state index in [1.165, 1.54) is 133 Å². The minimum atomic E-state index is 0. The highest BCUT2D eigenvalue weighted by atomic mass is 35.5. The maximum absolute atomic E-state index is 5.57. The van der Waals surface area contributed by atoms with E-state index < -0.39 is 0 Å². The maximum atomic E-state index is 5.57. The highest BCUT2D eigenvalue weighted by molar-refractivity contribution is 5.85. The molecule has 3 heteroatoms. The first-order valence-corrected chi connectivity index (χ1v) is 13.7. The molecule has 0 aliphatic heterocycles. The number of hydrogen-bond donors (Lipinski definition) is 1. The van der Waals surface area contributed by atoms with E-state index in [-0.39, 0.29) is 12.4 Å². The molecule has 0 bridgehead atoms. The highest BCUT2D eigenvalue weighted by Crippen LogP contribution is 2.29. The molecular weight excluding hydrogens is 414 g/mol. The van der Waals surface area contributed by atoms with Crippen LogP contribution in [0.5, 0.6) is 5.75 Å². The molecule has 2 rings (SSSR count). The number of ether oxygens (including phenoxy) is 1. The summed E-state index contributed by atoms with van der Waals surface area (Å²) in [4.78, 5) is 0. The van der Waals surface area contributed by atoms with Crippen LogP contribution in [0.25, 0.3) is 0 Å². The van der Waals surface area contributed by atoms with Crippen LogP contribution >= 0.6 is 12.4 Å². The molecule has 1 aliphatic rings. The van der Waals surface area contributed by atoms with Crippen LogP contribution < -0.4 is 10.1 Å². The van der Waals surface area contributed by atoms with Gasteiger partial charge in [0.25, 0.3) is 0 Å². The van der Waals surface area contributed by atoms with Gasteiger partial charge in [0, 0.05) is 6.04 Å². The van der Waals surface area contributed by atoms with Crippen molar-refractivity contribution in [3.05, 3.63) is 29.3 Å². The molecule has 0 aromatic heterocycles. The van der Waals surface area contributed by atoms with Crippen molar-refractivity contribution in [3.63, 3.8) is 0 Å². The fourth-order valence-electron chi connectivity index (χ4n) is 5.10. The molecule has 0 amide bonds. The second kappa shape index (κ2) is 19.7. The van der Waals surface area contributed by atoms with Crippen molar-refractivity contribution < 1.29 is 4.74 Å². The van der Waals surface area contributed by atoms with Gasteiger partial charge in [-0.25, -0.2) is 0 Å². The van der Waals surface area contributed by atoms with Gasteiger partial charge in [0.15, 0.2) is 0 Å². The van der Waals surface area contributed by atoms with Crippen LogP contribution in [0.15, 0.2) is 18.2 Å². The van der Waals surface area contributed by atoms with E-state index in [4.69, 9.17) is 4.74 Å². The summed E-state index contributed by atoms with van der Waals surface area (Å²) in [6.45, 7) is 3.47. The molecule has 186 valence electrons. The summed E-state index contributed by atoms with van der Waals surface area (Å²) in [5.74, 6) is 1.08. The molecule has 2 nitrogen and oxygen atoms in total. The average Bonchev–Trinajstić information content (AvgIpc) is 2.80. The Labute approximate surface area is 206 Å². The van der Waals surface area contributed by atoms with Crippen molar-refractivity contribution in [1.82, 2.24) is 5.32 Å². The number of unbranched alkanes of at least 4 members (excludes halogenated alkanes) is 15. The Morgan fingerprint density at radius 2 is 1.31 bits per heavy atom. The van der Waals surface area contributed by atoms with E-state index in [0.717, 1.165) is 12.2 Å². The van der Waals surface area contributed by atoms with E-state index >= 15 is 0 Å². The third kappa shape index (κ3) is 12.5. The molecule has 1 unspecified atom stereocenters. The van der Waals surface area contributed by atoms with E-state index in [1.54, 1.807) is 7.11 Å². The molecule has 1 atom stereocenters. The largest absolute Gasteiger partial charge is 0.496 e. The first kappa shape index (κ1) is 29.3. The number of nitrogens with one attached hydrogen (secondary N) is 1. The molecule has 1 aromatic rings. The summed E-state index contributed by atoms with van der Waals surface area (Å²) in [5.41, 5.74) is 2.92. The molecule has 1 aromatic carbocycles. The van der Waals surface area contributed by atoms with Crippen LogP contribution in [0.4, 0.5) is 0 Å². The van der Waals surface area contributed by atoms with Gasteiger partial charge >= 0.3 is 0 Å². The van der Waals surface area contributed by atoms with Crippen LogP contribution in [-0.4, -0.2) is 19.7 Å². The van der Waals surface area contributed by atoms with Gasteiger partial charge in [0.05, 0.1) is 7.11 Å². The maximum Gasteiger partial charge on any atom is 0.122 e. The van der Waals surface area contributed by atoms with Crippen LogP contribution in [-0.2, 0) is 12.8 Å². The summed E-state index contributed by atoms with van der Waals surface area (Å²) in [7, 11) is 1.79. The fourth-order valence-corrected chi connectivity index (χ4v) is 5.10. The number of rotatable bonds is 19. The number of aryl methyl sites for hydroxylation is 1. The van der Waals surface area contributed by atoms with Gasteiger partial charge in [0.2, 0.25) is 0 Å². The Balaban J connectivity index is 0.00000512. The number of halogens is 1. The average molecular weight is 466 g/mol. The summed E-state index contributed by atoms with van der Waals surface area (Å²) < 4.78 is 5.57. The van der Waals surface area contributed by atoms with E-state index in [0.29, 0.717) is 6.04 Å². The third-order valence-electron chi connectivity index (χ3n) is 7.13. The van der Waals surface area contributed by atoms with Gasteiger partial charge in [-0.15, -0.1) is 12.4 Å². The lowest BCUT2D eigenvalue weighted by atomic mass is 9.87. The van der Waals surface area contributed by atoms with Crippen molar-refractivity contribution in [3.8, 4) is 5.75 Å². The molecule has 0 heterocycles. The Morgan fingerprint density at radius 1 is 0.781 bits per heavy atom. The van der Waals surface area contributed by atoms with E-state index in [9.17, 15) is 0 Å². The zero-order valence-electron chi connectivity index (χ0n) is 21.3. The standard InChI is InChI=1S/C29H51NO.ClH/c1-3-4-5-6-7-8-9-10-11-12-13-14-15-16-17-18-24-30-27-23-22-26-20-19-21-29(31-2)28(26)25-27;/h19-21,27,30H,3-18,22-25H2,1-2H3;1H. The molecular formula is C29H52ClNO. The van der Waals surface area contributed by atoms with Gasteiger partial charge in [-0.1, -0.05) is 115 Å². The minimum Gasteiger partial charge on any atom is -0.496 e. The number of hydrogen-bond acceptors (Lipinski definition) is 2. The van der Waals surface area contributed by atoms with E-state index in [2.05, 4.69) is 30.4 Å².